The molecule has 0 aliphatic heterocycles. The number of carbonyl (C=O) groups excluding carboxylic acids is 1. The van der Waals surface area contributed by atoms with Gasteiger partial charge in [0.25, 0.3) is 0 Å². The van der Waals surface area contributed by atoms with Crippen molar-refractivity contribution in [2.24, 2.45) is 5.73 Å². The number of hydrogen-bond donors (Lipinski definition) is 2. The summed E-state index contributed by atoms with van der Waals surface area (Å²) in [7, 11) is -4.13. The first-order valence-electron chi connectivity index (χ1n) is 11.4. The van der Waals surface area contributed by atoms with Crippen LogP contribution in [0, 0.1) is 0 Å². The Bertz CT molecular complexity index is 435. The van der Waals surface area contributed by atoms with Gasteiger partial charge in [-0.3, -0.25) is 13.8 Å². The lowest BCUT2D eigenvalue weighted by Gasteiger charge is -2.16. The van der Waals surface area contributed by atoms with Crippen LogP contribution in [0.15, 0.2) is 0 Å². The van der Waals surface area contributed by atoms with Gasteiger partial charge >= 0.3 is 13.8 Å². The fraction of sp³-hybridized carbons (Fsp3) is 0.952. The average molecular weight is 438 g/mol. The van der Waals surface area contributed by atoms with Crippen molar-refractivity contribution in [3.8, 4) is 0 Å². The topological polar surface area (TPSA) is 108 Å². The van der Waals surface area contributed by atoms with Crippen molar-refractivity contribution in [1.29, 1.82) is 0 Å². The lowest BCUT2D eigenvalue weighted by atomic mass is 10.0. The third-order valence-corrected chi connectivity index (χ3v) is 5.65. The molecule has 3 N–H and O–H groups in total. The molecule has 0 aliphatic carbocycles. The first-order chi connectivity index (χ1) is 13.9. The normalized spacial score (nSPS) is 14.5. The molecular formula is C21H44NO6P. The molecule has 174 valence electrons. The quantitative estimate of drug-likeness (QED) is 0.139. The van der Waals surface area contributed by atoms with Gasteiger partial charge in [0.15, 0.2) is 0 Å². The predicted octanol–water partition coefficient (Wildman–Crippen LogP) is 5.49. The van der Waals surface area contributed by atoms with Crippen molar-refractivity contribution in [2.75, 3.05) is 19.8 Å². The van der Waals surface area contributed by atoms with Gasteiger partial charge in [-0.1, -0.05) is 84.0 Å². The van der Waals surface area contributed by atoms with E-state index in [4.69, 9.17) is 15.0 Å². The van der Waals surface area contributed by atoms with Gasteiger partial charge in [0.1, 0.15) is 6.10 Å². The molecule has 2 atom stereocenters. The van der Waals surface area contributed by atoms with E-state index in [0.29, 0.717) is 6.42 Å². The Morgan fingerprint density at radius 1 is 0.897 bits per heavy atom. The molecule has 0 radical (unpaired) electrons. The second kappa shape index (κ2) is 19.5. The van der Waals surface area contributed by atoms with Gasteiger partial charge in [-0.25, -0.2) is 4.57 Å². The van der Waals surface area contributed by atoms with Crippen LogP contribution < -0.4 is 5.73 Å². The van der Waals surface area contributed by atoms with Crippen molar-refractivity contribution in [2.45, 2.75) is 110 Å². The van der Waals surface area contributed by atoms with E-state index in [1.807, 2.05) is 0 Å². The number of carbonyl (C=O) groups is 1. The fourth-order valence-electron chi connectivity index (χ4n) is 3.01. The van der Waals surface area contributed by atoms with E-state index in [1.165, 1.54) is 64.2 Å². The Morgan fingerprint density at radius 3 is 1.86 bits per heavy atom. The number of ether oxygens (including phenoxy) is 1. The number of nitrogens with two attached hydrogens (primary N) is 1. The minimum Gasteiger partial charge on any atom is -0.460 e. The highest BCUT2D eigenvalue weighted by Gasteiger charge is 2.22. The third kappa shape index (κ3) is 20.6. The molecule has 0 saturated heterocycles. The molecule has 0 rings (SSSR count). The van der Waals surface area contributed by atoms with Gasteiger partial charge in [0, 0.05) is 13.0 Å². The zero-order valence-electron chi connectivity index (χ0n) is 18.6. The lowest BCUT2D eigenvalue weighted by molar-refractivity contribution is -0.150. The van der Waals surface area contributed by atoms with Crippen LogP contribution in [0.1, 0.15) is 104 Å². The molecule has 0 heterocycles. The van der Waals surface area contributed by atoms with Crippen LogP contribution in [0.3, 0.4) is 0 Å². The van der Waals surface area contributed by atoms with Gasteiger partial charge < -0.3 is 15.4 Å². The van der Waals surface area contributed by atoms with E-state index in [2.05, 4.69) is 11.4 Å². The van der Waals surface area contributed by atoms with Crippen LogP contribution in [0.4, 0.5) is 0 Å². The fourth-order valence-corrected chi connectivity index (χ4v) is 3.82. The van der Waals surface area contributed by atoms with Gasteiger partial charge in [0.05, 0.1) is 13.2 Å². The standard InChI is InChI=1S/C21H44NO6P/c1-3-4-5-6-7-8-9-10-11-12-13-14-15-16-21(23)28-20(2)19-27-29(24,25)26-18-17-22/h20H,3-19,22H2,1-2H3,(H,24,25)/t20-/m0/s1. The molecular weight excluding hydrogens is 393 g/mol. The van der Waals surface area contributed by atoms with Crippen molar-refractivity contribution in [3.63, 3.8) is 0 Å². The molecule has 7 nitrogen and oxygen atoms in total. The third-order valence-electron chi connectivity index (χ3n) is 4.66. The highest BCUT2D eigenvalue weighted by molar-refractivity contribution is 7.47. The molecule has 0 aliphatic rings. The summed E-state index contributed by atoms with van der Waals surface area (Å²) < 4.78 is 26.1. The molecule has 8 heteroatoms. The number of phosphoric acid groups is 1. The second-order valence-corrected chi connectivity index (χ2v) is 9.13. The summed E-state index contributed by atoms with van der Waals surface area (Å²) in [6.07, 6.45) is 16.1. The van der Waals surface area contributed by atoms with Crippen LogP contribution in [0.2, 0.25) is 0 Å². The monoisotopic (exact) mass is 437 g/mol. The van der Waals surface area contributed by atoms with Crippen LogP contribution in [0.5, 0.6) is 0 Å². The summed E-state index contributed by atoms with van der Waals surface area (Å²) in [5.41, 5.74) is 5.20. The second-order valence-electron chi connectivity index (χ2n) is 7.68. The summed E-state index contributed by atoms with van der Waals surface area (Å²) in [5, 5.41) is 0. The Labute approximate surface area is 177 Å². The van der Waals surface area contributed by atoms with E-state index in [1.54, 1.807) is 6.92 Å². The maximum Gasteiger partial charge on any atom is 0.472 e. The molecule has 0 spiro atoms. The maximum absolute atomic E-state index is 11.8. The molecule has 29 heavy (non-hydrogen) atoms. The molecule has 0 amide bonds. The van der Waals surface area contributed by atoms with Crippen molar-refractivity contribution >= 4 is 13.8 Å². The molecule has 1 unspecified atom stereocenters. The van der Waals surface area contributed by atoms with Crippen molar-refractivity contribution < 1.29 is 28.0 Å². The number of esters is 1. The highest BCUT2D eigenvalue weighted by Crippen LogP contribution is 2.42. The zero-order chi connectivity index (χ0) is 21.8. The number of unbranched alkanes of at least 4 members (excludes halogenated alkanes) is 12. The molecule has 0 aromatic carbocycles. The van der Waals surface area contributed by atoms with E-state index >= 15 is 0 Å². The Kier molecular flexibility index (Phi) is 19.2. The highest BCUT2D eigenvalue weighted by atomic mass is 31.2. The van der Waals surface area contributed by atoms with Gasteiger partial charge in [-0.15, -0.1) is 0 Å². The van der Waals surface area contributed by atoms with Crippen LogP contribution in [0.25, 0.3) is 0 Å². The van der Waals surface area contributed by atoms with Gasteiger partial charge in [-0.05, 0) is 13.3 Å². The molecule has 0 aromatic rings. The first-order valence-corrected chi connectivity index (χ1v) is 12.9. The van der Waals surface area contributed by atoms with Crippen LogP contribution in [-0.2, 0) is 23.1 Å². The summed E-state index contributed by atoms with van der Waals surface area (Å²) in [6, 6.07) is 0. The Morgan fingerprint density at radius 2 is 1.38 bits per heavy atom. The molecule has 0 bridgehead atoms. The number of rotatable bonds is 21. The Hall–Kier alpha value is -0.460. The largest absolute Gasteiger partial charge is 0.472 e. The minimum absolute atomic E-state index is 0.0685. The van der Waals surface area contributed by atoms with Gasteiger partial charge in [0.2, 0.25) is 0 Å². The van der Waals surface area contributed by atoms with Crippen molar-refractivity contribution in [1.82, 2.24) is 0 Å². The van der Waals surface area contributed by atoms with E-state index in [0.717, 1.165) is 19.3 Å². The van der Waals surface area contributed by atoms with Crippen LogP contribution in [-0.4, -0.2) is 36.7 Å². The summed E-state index contributed by atoms with van der Waals surface area (Å²) in [6.45, 7) is 3.73. The summed E-state index contributed by atoms with van der Waals surface area (Å²) in [4.78, 5) is 21.2. The smallest absolute Gasteiger partial charge is 0.460 e. The molecule has 0 aromatic heterocycles. The lowest BCUT2D eigenvalue weighted by Crippen LogP contribution is -2.20. The van der Waals surface area contributed by atoms with E-state index in [9.17, 15) is 14.3 Å². The predicted molar refractivity (Wildman–Crippen MR) is 117 cm³/mol. The van der Waals surface area contributed by atoms with E-state index < -0.39 is 13.9 Å². The molecule has 0 fully saturated rings. The minimum atomic E-state index is -4.13. The maximum atomic E-state index is 11.8. The van der Waals surface area contributed by atoms with Gasteiger partial charge in [-0.2, -0.15) is 0 Å². The number of hydrogen-bond acceptors (Lipinski definition) is 6. The first kappa shape index (κ1) is 28.5. The zero-order valence-corrected chi connectivity index (χ0v) is 19.5. The number of phosphoric ester groups is 1. The van der Waals surface area contributed by atoms with E-state index in [-0.39, 0.29) is 25.7 Å². The average Bonchev–Trinajstić information content (AvgIpc) is 2.68. The Balaban J connectivity index is 3.48. The van der Waals surface area contributed by atoms with Crippen LogP contribution >= 0.6 is 7.82 Å². The summed E-state index contributed by atoms with van der Waals surface area (Å²) >= 11 is 0. The molecule has 0 saturated carbocycles. The summed E-state index contributed by atoms with van der Waals surface area (Å²) in [5.74, 6) is -0.306. The van der Waals surface area contributed by atoms with Crippen molar-refractivity contribution in [3.05, 3.63) is 0 Å². The SMILES string of the molecule is CCCCCCCCCCCCCCCC(=O)O[C@@H](C)COP(=O)(O)OCCN.